The minimum absolute atomic E-state index is 0.614. The second kappa shape index (κ2) is 7.20. The van der Waals surface area contributed by atoms with E-state index in [1.54, 1.807) is 12.1 Å². The molecule has 0 aliphatic heterocycles. The Morgan fingerprint density at radius 3 is 2.08 bits per heavy atom. The van der Waals surface area contributed by atoms with Crippen molar-refractivity contribution in [3.63, 3.8) is 0 Å². The fourth-order valence-electron chi connectivity index (χ4n) is 2.29. The van der Waals surface area contributed by atoms with Crippen molar-refractivity contribution in [1.29, 1.82) is 5.26 Å². The van der Waals surface area contributed by atoms with Crippen molar-refractivity contribution in [1.82, 2.24) is 9.97 Å². The molecule has 2 aromatic carbocycles. The van der Waals surface area contributed by atoms with Crippen LogP contribution in [0.2, 0.25) is 5.02 Å². The van der Waals surface area contributed by atoms with Gasteiger partial charge in [0.25, 0.3) is 0 Å². The number of nitriles is 1. The molecule has 0 saturated carbocycles. The summed E-state index contributed by atoms with van der Waals surface area (Å²) in [5.74, 6) is 1.97. The van der Waals surface area contributed by atoms with Crippen LogP contribution in [-0.4, -0.2) is 9.97 Å². The molecule has 0 atom stereocenters. The molecule has 124 valence electrons. The predicted molar refractivity (Wildman–Crippen MR) is 101 cm³/mol. The van der Waals surface area contributed by atoms with Gasteiger partial charge in [-0.25, -0.2) is 9.97 Å². The van der Waals surface area contributed by atoms with Crippen molar-refractivity contribution in [3.8, 4) is 6.07 Å². The summed E-state index contributed by atoms with van der Waals surface area (Å²) in [7, 11) is 0. The number of benzene rings is 2. The van der Waals surface area contributed by atoms with E-state index in [9.17, 15) is 0 Å². The molecule has 6 heteroatoms. The first kappa shape index (κ1) is 16.7. The number of rotatable bonds is 4. The Bertz CT molecular complexity index is 945. The molecule has 3 aromatic rings. The van der Waals surface area contributed by atoms with Gasteiger partial charge in [0.1, 0.15) is 17.5 Å². The maximum absolute atomic E-state index is 8.86. The van der Waals surface area contributed by atoms with Crippen LogP contribution >= 0.6 is 11.6 Å². The fraction of sp³-hybridized carbons (Fsp3) is 0.105. The number of anilines is 4. The molecule has 2 N–H and O–H groups in total. The minimum atomic E-state index is 0.614. The molecule has 0 amide bonds. The molecule has 3 rings (SSSR count). The molecule has 0 unspecified atom stereocenters. The molecule has 0 bridgehead atoms. The summed E-state index contributed by atoms with van der Waals surface area (Å²) in [5.41, 5.74) is 3.34. The number of hydrogen-bond acceptors (Lipinski definition) is 5. The first-order valence-electron chi connectivity index (χ1n) is 7.69. The zero-order chi connectivity index (χ0) is 17.8. The van der Waals surface area contributed by atoms with Crippen molar-refractivity contribution in [2.45, 2.75) is 13.8 Å². The number of aryl methyl sites for hydroxylation is 2. The summed E-state index contributed by atoms with van der Waals surface area (Å²) in [4.78, 5) is 8.79. The van der Waals surface area contributed by atoms with Gasteiger partial charge in [-0.2, -0.15) is 5.26 Å². The van der Waals surface area contributed by atoms with E-state index in [2.05, 4.69) is 26.7 Å². The lowest BCUT2D eigenvalue weighted by atomic mass is 10.2. The molecule has 0 fully saturated rings. The third-order valence-electron chi connectivity index (χ3n) is 3.57. The van der Waals surface area contributed by atoms with Gasteiger partial charge in [0.05, 0.1) is 11.6 Å². The SMILES string of the molecule is Cc1nc(Nc2ccc(C#N)cc2)cc(Nc2ccc(C)c(Cl)c2)n1. The molecule has 5 nitrogen and oxygen atoms in total. The Morgan fingerprint density at radius 2 is 1.48 bits per heavy atom. The Balaban J connectivity index is 1.82. The van der Waals surface area contributed by atoms with Crippen LogP contribution < -0.4 is 10.6 Å². The van der Waals surface area contributed by atoms with Gasteiger partial charge in [-0.15, -0.1) is 0 Å². The van der Waals surface area contributed by atoms with Gasteiger partial charge in [-0.05, 0) is 55.8 Å². The molecule has 0 saturated heterocycles. The van der Waals surface area contributed by atoms with Crippen molar-refractivity contribution in [2.75, 3.05) is 10.6 Å². The number of nitrogens with one attached hydrogen (secondary N) is 2. The van der Waals surface area contributed by atoms with Gasteiger partial charge in [0.15, 0.2) is 0 Å². The van der Waals surface area contributed by atoms with E-state index in [0.717, 1.165) is 16.9 Å². The third kappa shape index (κ3) is 4.25. The number of aromatic nitrogens is 2. The number of halogens is 1. The summed E-state index contributed by atoms with van der Waals surface area (Å²) < 4.78 is 0. The summed E-state index contributed by atoms with van der Waals surface area (Å²) in [6, 6.07) is 16.9. The second-order valence-corrected chi connectivity index (χ2v) is 6.00. The lowest BCUT2D eigenvalue weighted by Gasteiger charge is -2.11. The van der Waals surface area contributed by atoms with Crippen LogP contribution in [0.15, 0.2) is 48.5 Å². The Hall–Kier alpha value is -3.10. The van der Waals surface area contributed by atoms with Crippen LogP contribution in [0.4, 0.5) is 23.0 Å². The smallest absolute Gasteiger partial charge is 0.136 e. The van der Waals surface area contributed by atoms with E-state index in [4.69, 9.17) is 16.9 Å². The van der Waals surface area contributed by atoms with E-state index in [1.807, 2.05) is 50.2 Å². The van der Waals surface area contributed by atoms with Gasteiger partial charge in [-0.1, -0.05) is 17.7 Å². The minimum Gasteiger partial charge on any atom is -0.340 e. The van der Waals surface area contributed by atoms with Gasteiger partial charge in [0, 0.05) is 22.5 Å². The quantitative estimate of drug-likeness (QED) is 0.685. The number of hydrogen-bond donors (Lipinski definition) is 2. The monoisotopic (exact) mass is 349 g/mol. The van der Waals surface area contributed by atoms with E-state index in [0.29, 0.717) is 28.0 Å². The van der Waals surface area contributed by atoms with Crippen molar-refractivity contribution in [2.24, 2.45) is 0 Å². The van der Waals surface area contributed by atoms with Crippen LogP contribution in [-0.2, 0) is 0 Å². The molecule has 25 heavy (non-hydrogen) atoms. The van der Waals surface area contributed by atoms with Gasteiger partial charge in [-0.3, -0.25) is 0 Å². The average Bonchev–Trinajstić information content (AvgIpc) is 2.58. The van der Waals surface area contributed by atoms with E-state index in [1.165, 1.54) is 0 Å². The lowest BCUT2D eigenvalue weighted by molar-refractivity contribution is 1.06. The molecule has 1 aromatic heterocycles. The van der Waals surface area contributed by atoms with Crippen LogP contribution in [0.25, 0.3) is 0 Å². The van der Waals surface area contributed by atoms with Crippen molar-refractivity contribution < 1.29 is 0 Å². The Morgan fingerprint density at radius 1 is 0.880 bits per heavy atom. The first-order valence-corrected chi connectivity index (χ1v) is 8.07. The largest absolute Gasteiger partial charge is 0.340 e. The lowest BCUT2D eigenvalue weighted by Crippen LogP contribution is -2.01. The Labute approximate surface area is 151 Å². The summed E-state index contributed by atoms with van der Waals surface area (Å²) >= 11 is 6.17. The number of nitrogens with zero attached hydrogens (tertiary/aromatic N) is 3. The van der Waals surface area contributed by atoms with Gasteiger partial charge >= 0.3 is 0 Å². The highest BCUT2D eigenvalue weighted by atomic mass is 35.5. The fourth-order valence-corrected chi connectivity index (χ4v) is 2.47. The van der Waals surface area contributed by atoms with Gasteiger partial charge in [0.2, 0.25) is 0 Å². The second-order valence-electron chi connectivity index (χ2n) is 5.59. The van der Waals surface area contributed by atoms with Crippen LogP contribution in [0, 0.1) is 25.2 Å². The van der Waals surface area contributed by atoms with Crippen LogP contribution in [0.5, 0.6) is 0 Å². The standard InChI is InChI=1S/C19H16ClN5/c1-12-3-6-16(9-17(12)20)25-19-10-18(22-13(2)23-19)24-15-7-4-14(11-21)5-8-15/h3-10H,1-2H3,(H2,22,23,24,25). The highest BCUT2D eigenvalue weighted by Gasteiger charge is 2.05. The molecular weight excluding hydrogens is 334 g/mol. The zero-order valence-electron chi connectivity index (χ0n) is 13.8. The Kier molecular flexibility index (Phi) is 4.82. The highest BCUT2D eigenvalue weighted by Crippen LogP contribution is 2.24. The predicted octanol–water partition coefficient (Wildman–Crippen LogP) is 5.11. The average molecular weight is 350 g/mol. The maximum Gasteiger partial charge on any atom is 0.136 e. The molecule has 0 aliphatic carbocycles. The summed E-state index contributed by atoms with van der Waals surface area (Å²) in [5, 5.41) is 16.0. The molecule has 0 aliphatic rings. The van der Waals surface area contributed by atoms with Crippen LogP contribution in [0.1, 0.15) is 17.0 Å². The van der Waals surface area contributed by atoms with Crippen molar-refractivity contribution >= 4 is 34.6 Å². The summed E-state index contributed by atoms with van der Waals surface area (Å²) in [6.45, 7) is 3.79. The van der Waals surface area contributed by atoms with Crippen molar-refractivity contribution in [3.05, 3.63) is 70.5 Å². The molecular formula is C19H16ClN5. The summed E-state index contributed by atoms with van der Waals surface area (Å²) in [6.07, 6.45) is 0. The van der Waals surface area contributed by atoms with Gasteiger partial charge < -0.3 is 10.6 Å². The maximum atomic E-state index is 8.86. The normalized spacial score (nSPS) is 10.2. The molecule has 0 spiro atoms. The van der Waals surface area contributed by atoms with Crippen LogP contribution in [0.3, 0.4) is 0 Å². The first-order chi connectivity index (χ1) is 12.0. The van der Waals surface area contributed by atoms with E-state index >= 15 is 0 Å². The van der Waals surface area contributed by atoms with E-state index in [-0.39, 0.29) is 0 Å². The molecule has 1 heterocycles. The zero-order valence-corrected chi connectivity index (χ0v) is 14.6. The third-order valence-corrected chi connectivity index (χ3v) is 3.98. The topological polar surface area (TPSA) is 73.6 Å². The molecule has 0 radical (unpaired) electrons. The highest BCUT2D eigenvalue weighted by molar-refractivity contribution is 6.31. The van der Waals surface area contributed by atoms with E-state index < -0.39 is 0 Å².